The van der Waals surface area contributed by atoms with Crippen molar-refractivity contribution in [1.82, 2.24) is 15.2 Å². The standard InChI is InChI=1S/C15H15Cl2N3OS/c1-9-7-18-4-5-20(9)15(21)13-8-22-14(19-13)11-3-2-10(16)6-12(11)17/h2-3,6,8-9,18H,4-5,7H2,1H3/t9-/m1/s1. The van der Waals surface area contributed by atoms with Crippen molar-refractivity contribution in [3.05, 3.63) is 39.3 Å². The molecule has 4 nitrogen and oxygen atoms in total. The Morgan fingerprint density at radius 2 is 2.27 bits per heavy atom. The van der Waals surface area contributed by atoms with E-state index in [4.69, 9.17) is 23.2 Å². The number of carbonyl (C=O) groups excluding carboxylic acids is 1. The van der Waals surface area contributed by atoms with Crippen LogP contribution in [0.25, 0.3) is 10.6 Å². The zero-order valence-electron chi connectivity index (χ0n) is 12.0. The highest BCUT2D eigenvalue weighted by atomic mass is 35.5. The molecule has 1 aliphatic rings. The van der Waals surface area contributed by atoms with E-state index in [9.17, 15) is 4.79 Å². The average molecular weight is 356 g/mol. The fraction of sp³-hybridized carbons (Fsp3) is 0.333. The smallest absolute Gasteiger partial charge is 0.273 e. The number of piperazine rings is 1. The van der Waals surface area contributed by atoms with Crippen LogP contribution >= 0.6 is 34.5 Å². The van der Waals surface area contributed by atoms with Crippen molar-refractivity contribution in [2.45, 2.75) is 13.0 Å². The van der Waals surface area contributed by atoms with Crippen molar-refractivity contribution < 1.29 is 4.79 Å². The van der Waals surface area contributed by atoms with Gasteiger partial charge in [0.2, 0.25) is 0 Å². The van der Waals surface area contributed by atoms with Crippen molar-refractivity contribution in [3.8, 4) is 10.6 Å². The summed E-state index contributed by atoms with van der Waals surface area (Å²) in [7, 11) is 0. The first-order chi connectivity index (χ1) is 10.6. The summed E-state index contributed by atoms with van der Waals surface area (Å²) in [6.45, 7) is 4.36. The summed E-state index contributed by atoms with van der Waals surface area (Å²) in [4.78, 5) is 18.9. The van der Waals surface area contributed by atoms with Crippen LogP contribution in [0.15, 0.2) is 23.6 Å². The van der Waals surface area contributed by atoms with Crippen LogP contribution < -0.4 is 5.32 Å². The van der Waals surface area contributed by atoms with Gasteiger partial charge in [0, 0.05) is 41.6 Å². The highest BCUT2D eigenvalue weighted by Gasteiger charge is 2.26. The molecule has 2 heterocycles. The predicted molar refractivity (Wildman–Crippen MR) is 90.9 cm³/mol. The second-order valence-corrected chi connectivity index (χ2v) is 6.92. The summed E-state index contributed by atoms with van der Waals surface area (Å²) in [6.07, 6.45) is 0. The molecule has 1 aromatic carbocycles. The number of nitrogens with zero attached hydrogens (tertiary/aromatic N) is 2. The van der Waals surface area contributed by atoms with Gasteiger partial charge in [-0.25, -0.2) is 4.98 Å². The van der Waals surface area contributed by atoms with E-state index in [1.807, 2.05) is 17.9 Å². The van der Waals surface area contributed by atoms with E-state index in [1.165, 1.54) is 11.3 Å². The molecule has 3 rings (SSSR count). The maximum atomic E-state index is 12.6. The van der Waals surface area contributed by atoms with E-state index in [0.717, 1.165) is 23.7 Å². The van der Waals surface area contributed by atoms with E-state index < -0.39 is 0 Å². The Bertz CT molecular complexity index is 704. The highest BCUT2D eigenvalue weighted by Crippen LogP contribution is 2.32. The summed E-state index contributed by atoms with van der Waals surface area (Å²) >= 11 is 13.5. The molecule has 1 aromatic heterocycles. The summed E-state index contributed by atoms with van der Waals surface area (Å²) in [5, 5.41) is 6.91. The molecule has 1 fully saturated rings. The predicted octanol–water partition coefficient (Wildman–Crippen LogP) is 3.55. The molecule has 0 unspecified atom stereocenters. The summed E-state index contributed by atoms with van der Waals surface area (Å²) in [5.41, 5.74) is 1.27. The molecule has 116 valence electrons. The minimum absolute atomic E-state index is 0.0263. The van der Waals surface area contributed by atoms with Gasteiger partial charge < -0.3 is 10.2 Å². The van der Waals surface area contributed by atoms with Crippen LogP contribution in [-0.2, 0) is 0 Å². The molecule has 0 aliphatic carbocycles. The second kappa shape index (κ2) is 6.54. The third-order valence-electron chi connectivity index (χ3n) is 3.65. The molecule has 2 aromatic rings. The molecule has 1 atom stereocenters. The Labute approximate surface area is 143 Å². The lowest BCUT2D eigenvalue weighted by atomic mass is 10.2. The van der Waals surface area contributed by atoms with E-state index in [-0.39, 0.29) is 11.9 Å². The highest BCUT2D eigenvalue weighted by molar-refractivity contribution is 7.13. The number of amides is 1. The van der Waals surface area contributed by atoms with Crippen LogP contribution in [0.5, 0.6) is 0 Å². The molecule has 1 aliphatic heterocycles. The SMILES string of the molecule is C[C@@H]1CNCCN1C(=O)c1csc(-c2ccc(Cl)cc2Cl)n1. The van der Waals surface area contributed by atoms with Crippen molar-refractivity contribution in [2.24, 2.45) is 0 Å². The number of thiazole rings is 1. The number of carbonyl (C=O) groups is 1. The van der Waals surface area contributed by atoms with Crippen LogP contribution in [0.2, 0.25) is 10.0 Å². The molecular formula is C15H15Cl2N3OS. The van der Waals surface area contributed by atoms with E-state index in [0.29, 0.717) is 22.3 Å². The summed E-state index contributed by atoms with van der Waals surface area (Å²) in [5.74, 6) is -0.0263. The van der Waals surface area contributed by atoms with Crippen LogP contribution in [0.4, 0.5) is 0 Å². The molecule has 1 saturated heterocycles. The minimum atomic E-state index is -0.0263. The van der Waals surface area contributed by atoms with Gasteiger partial charge in [-0.1, -0.05) is 23.2 Å². The van der Waals surface area contributed by atoms with Gasteiger partial charge in [-0.3, -0.25) is 4.79 Å². The van der Waals surface area contributed by atoms with Gasteiger partial charge >= 0.3 is 0 Å². The fourth-order valence-electron chi connectivity index (χ4n) is 2.45. The Morgan fingerprint density at radius 3 is 3.00 bits per heavy atom. The Hall–Kier alpha value is -1.14. The lowest BCUT2D eigenvalue weighted by Crippen LogP contribution is -2.52. The minimum Gasteiger partial charge on any atom is -0.332 e. The summed E-state index contributed by atoms with van der Waals surface area (Å²) < 4.78 is 0. The normalized spacial score (nSPS) is 18.5. The molecule has 7 heteroatoms. The van der Waals surface area contributed by atoms with Crippen molar-refractivity contribution in [1.29, 1.82) is 0 Å². The maximum Gasteiger partial charge on any atom is 0.273 e. The Balaban J connectivity index is 1.85. The van der Waals surface area contributed by atoms with E-state index in [2.05, 4.69) is 10.3 Å². The molecule has 0 spiro atoms. The first kappa shape index (κ1) is 15.7. The second-order valence-electron chi connectivity index (χ2n) is 5.21. The molecule has 0 saturated carbocycles. The zero-order chi connectivity index (χ0) is 15.7. The first-order valence-corrected chi connectivity index (χ1v) is 8.62. The van der Waals surface area contributed by atoms with Gasteiger partial charge in [0.05, 0.1) is 5.02 Å². The number of halogens is 2. The lowest BCUT2D eigenvalue weighted by molar-refractivity contribution is 0.0650. The first-order valence-electron chi connectivity index (χ1n) is 6.99. The van der Waals surface area contributed by atoms with Crippen molar-refractivity contribution >= 4 is 40.4 Å². The quantitative estimate of drug-likeness (QED) is 0.895. The molecule has 0 radical (unpaired) electrons. The number of benzene rings is 1. The molecule has 1 amide bonds. The van der Waals surface area contributed by atoms with E-state index in [1.54, 1.807) is 17.5 Å². The number of hydrogen-bond donors (Lipinski definition) is 1. The van der Waals surface area contributed by atoms with Crippen LogP contribution in [0.1, 0.15) is 17.4 Å². The van der Waals surface area contributed by atoms with Crippen LogP contribution in [0, 0.1) is 0 Å². The lowest BCUT2D eigenvalue weighted by Gasteiger charge is -2.33. The average Bonchev–Trinajstić information content (AvgIpc) is 2.96. The zero-order valence-corrected chi connectivity index (χ0v) is 14.3. The van der Waals surface area contributed by atoms with Crippen molar-refractivity contribution in [3.63, 3.8) is 0 Å². The third kappa shape index (κ3) is 3.13. The molecule has 22 heavy (non-hydrogen) atoms. The number of hydrogen-bond acceptors (Lipinski definition) is 4. The number of nitrogens with one attached hydrogen (secondary N) is 1. The van der Waals surface area contributed by atoms with Crippen LogP contribution in [-0.4, -0.2) is 41.5 Å². The third-order valence-corrected chi connectivity index (χ3v) is 5.07. The Morgan fingerprint density at radius 1 is 1.45 bits per heavy atom. The van der Waals surface area contributed by atoms with Gasteiger partial charge in [-0.05, 0) is 25.1 Å². The topological polar surface area (TPSA) is 45.2 Å². The van der Waals surface area contributed by atoms with Crippen molar-refractivity contribution in [2.75, 3.05) is 19.6 Å². The van der Waals surface area contributed by atoms with Gasteiger partial charge in [0.15, 0.2) is 0 Å². The number of rotatable bonds is 2. The molecular weight excluding hydrogens is 341 g/mol. The molecule has 0 bridgehead atoms. The van der Waals surface area contributed by atoms with Gasteiger partial charge in [0.25, 0.3) is 5.91 Å². The van der Waals surface area contributed by atoms with Gasteiger partial charge in [0.1, 0.15) is 10.7 Å². The fourth-order valence-corrected chi connectivity index (χ4v) is 3.84. The monoisotopic (exact) mass is 355 g/mol. The van der Waals surface area contributed by atoms with Crippen LogP contribution in [0.3, 0.4) is 0 Å². The van der Waals surface area contributed by atoms with Gasteiger partial charge in [-0.2, -0.15) is 0 Å². The van der Waals surface area contributed by atoms with Gasteiger partial charge in [-0.15, -0.1) is 11.3 Å². The molecule has 1 N–H and O–H groups in total. The van der Waals surface area contributed by atoms with E-state index >= 15 is 0 Å². The maximum absolute atomic E-state index is 12.6. The summed E-state index contributed by atoms with van der Waals surface area (Å²) in [6, 6.07) is 5.44. The number of aromatic nitrogens is 1. The largest absolute Gasteiger partial charge is 0.332 e. The Kier molecular flexibility index (Phi) is 4.68.